The maximum Gasteiger partial charge on any atom is 0.274 e. The molecular formula is C28H28N2O4. The Morgan fingerprint density at radius 3 is 2.44 bits per heavy atom. The lowest BCUT2D eigenvalue weighted by Gasteiger charge is -2.16. The van der Waals surface area contributed by atoms with Gasteiger partial charge in [-0.05, 0) is 55.8 Å². The van der Waals surface area contributed by atoms with Crippen molar-refractivity contribution in [2.24, 2.45) is 0 Å². The quantitative estimate of drug-likeness (QED) is 0.388. The number of ketones is 1. The highest BCUT2D eigenvalue weighted by atomic mass is 16.5. The summed E-state index contributed by atoms with van der Waals surface area (Å²) in [5, 5.41) is 16.6. The summed E-state index contributed by atoms with van der Waals surface area (Å²) in [4.78, 5) is 24.9. The van der Waals surface area contributed by atoms with E-state index in [9.17, 15) is 14.7 Å². The molecule has 1 atom stereocenters. The van der Waals surface area contributed by atoms with Crippen LogP contribution in [0.3, 0.4) is 0 Å². The molecule has 0 aliphatic rings. The first-order valence-corrected chi connectivity index (χ1v) is 11.4. The van der Waals surface area contributed by atoms with E-state index in [1.165, 1.54) is 4.68 Å². The Bertz CT molecular complexity index is 1390. The molecule has 1 heterocycles. The first-order valence-electron chi connectivity index (χ1n) is 11.4. The summed E-state index contributed by atoms with van der Waals surface area (Å²) in [6.07, 6.45) is -0.508. The fourth-order valence-corrected chi connectivity index (χ4v) is 3.93. The molecule has 6 heteroatoms. The van der Waals surface area contributed by atoms with Crippen LogP contribution >= 0.6 is 0 Å². The van der Waals surface area contributed by atoms with E-state index in [1.54, 1.807) is 30.3 Å². The van der Waals surface area contributed by atoms with E-state index in [0.29, 0.717) is 28.8 Å². The summed E-state index contributed by atoms with van der Waals surface area (Å²) < 4.78 is 7.00. The molecule has 4 rings (SSSR count). The number of hydrogen-bond donors (Lipinski definition) is 1. The summed E-state index contributed by atoms with van der Waals surface area (Å²) in [5.41, 5.74) is 4.19. The van der Waals surface area contributed by atoms with Gasteiger partial charge in [-0.15, -0.1) is 0 Å². The molecule has 0 saturated carbocycles. The second-order valence-electron chi connectivity index (χ2n) is 8.47. The van der Waals surface area contributed by atoms with Crippen molar-refractivity contribution in [2.75, 3.05) is 6.61 Å². The van der Waals surface area contributed by atoms with Crippen molar-refractivity contribution in [3.8, 4) is 17.0 Å². The normalized spacial score (nSPS) is 12.0. The zero-order valence-corrected chi connectivity index (χ0v) is 19.6. The van der Waals surface area contributed by atoms with Gasteiger partial charge >= 0.3 is 0 Å². The third kappa shape index (κ3) is 4.92. The number of benzene rings is 3. The lowest BCUT2D eigenvalue weighted by Crippen LogP contribution is -2.32. The SMILES string of the molecule is CCC(=O)c1ccc(OCC(O)Cn2nc(-c3cc(C)ccc3C)c3ccccc3c2=O)cc1. The Morgan fingerprint density at radius 2 is 1.74 bits per heavy atom. The number of fused-ring (bicyclic) bond motifs is 1. The van der Waals surface area contributed by atoms with Crippen molar-refractivity contribution in [1.29, 1.82) is 0 Å². The number of Topliss-reactive ketones (excluding diaryl/α,β-unsaturated/α-hetero) is 1. The fourth-order valence-electron chi connectivity index (χ4n) is 3.93. The summed E-state index contributed by atoms with van der Waals surface area (Å²) in [6.45, 7) is 5.84. The average Bonchev–Trinajstić information content (AvgIpc) is 2.86. The number of ether oxygens (including phenoxy) is 1. The van der Waals surface area contributed by atoms with Crippen LogP contribution in [0.2, 0.25) is 0 Å². The maximum absolute atomic E-state index is 13.1. The molecule has 34 heavy (non-hydrogen) atoms. The first-order chi connectivity index (χ1) is 16.4. The van der Waals surface area contributed by atoms with Gasteiger partial charge in [-0.25, -0.2) is 4.68 Å². The molecule has 0 aliphatic heterocycles. The smallest absolute Gasteiger partial charge is 0.274 e. The Hall–Kier alpha value is -3.77. The number of hydrogen-bond acceptors (Lipinski definition) is 5. The topological polar surface area (TPSA) is 81.4 Å². The summed E-state index contributed by atoms with van der Waals surface area (Å²) in [5.74, 6) is 0.606. The van der Waals surface area contributed by atoms with Gasteiger partial charge < -0.3 is 9.84 Å². The lowest BCUT2D eigenvalue weighted by molar-refractivity contribution is 0.0881. The van der Waals surface area contributed by atoms with Crippen LogP contribution in [0.5, 0.6) is 5.75 Å². The Balaban J connectivity index is 1.59. The third-order valence-corrected chi connectivity index (χ3v) is 5.84. The molecule has 3 aromatic carbocycles. The molecule has 0 aliphatic carbocycles. The molecule has 0 bridgehead atoms. The fraction of sp³-hybridized carbons (Fsp3) is 0.250. The number of carbonyl (C=O) groups is 1. The van der Waals surface area contributed by atoms with Crippen molar-refractivity contribution >= 4 is 16.6 Å². The molecule has 0 spiro atoms. The van der Waals surface area contributed by atoms with Gasteiger partial charge in [0, 0.05) is 22.9 Å². The van der Waals surface area contributed by atoms with Crippen LogP contribution in [0.25, 0.3) is 22.0 Å². The van der Waals surface area contributed by atoms with Gasteiger partial charge in [0.15, 0.2) is 5.78 Å². The summed E-state index contributed by atoms with van der Waals surface area (Å²) in [6, 6.07) is 20.4. The second kappa shape index (κ2) is 10.0. The molecular weight excluding hydrogens is 428 g/mol. The largest absolute Gasteiger partial charge is 0.491 e. The minimum Gasteiger partial charge on any atom is -0.491 e. The summed E-state index contributed by atoms with van der Waals surface area (Å²) >= 11 is 0. The number of rotatable bonds is 8. The van der Waals surface area contributed by atoms with Gasteiger partial charge in [-0.3, -0.25) is 9.59 Å². The van der Waals surface area contributed by atoms with Crippen LogP contribution < -0.4 is 10.3 Å². The third-order valence-electron chi connectivity index (χ3n) is 5.84. The van der Waals surface area contributed by atoms with Gasteiger partial charge in [0.05, 0.1) is 17.6 Å². The number of aromatic nitrogens is 2. The predicted molar refractivity (Wildman–Crippen MR) is 133 cm³/mol. The monoisotopic (exact) mass is 456 g/mol. The highest BCUT2D eigenvalue weighted by molar-refractivity contribution is 5.96. The highest BCUT2D eigenvalue weighted by Gasteiger charge is 2.16. The van der Waals surface area contributed by atoms with Crippen molar-refractivity contribution in [3.05, 3.63) is 93.8 Å². The molecule has 0 fully saturated rings. The molecule has 4 aromatic rings. The lowest BCUT2D eigenvalue weighted by atomic mass is 9.99. The number of carbonyl (C=O) groups excluding carboxylic acids is 1. The Labute approximate surface area is 198 Å². The Morgan fingerprint density at radius 1 is 1.03 bits per heavy atom. The van der Waals surface area contributed by atoms with Gasteiger partial charge in [0.2, 0.25) is 0 Å². The molecule has 6 nitrogen and oxygen atoms in total. The van der Waals surface area contributed by atoms with E-state index in [0.717, 1.165) is 22.1 Å². The van der Waals surface area contributed by atoms with Crippen molar-refractivity contribution < 1.29 is 14.6 Å². The minimum atomic E-state index is -0.949. The van der Waals surface area contributed by atoms with Gasteiger partial charge in [0.25, 0.3) is 5.56 Å². The van der Waals surface area contributed by atoms with Crippen LogP contribution in [-0.4, -0.2) is 33.4 Å². The first kappa shape index (κ1) is 23.4. The Kier molecular flexibility index (Phi) is 6.89. The van der Waals surface area contributed by atoms with E-state index in [4.69, 9.17) is 4.74 Å². The van der Waals surface area contributed by atoms with Crippen molar-refractivity contribution in [1.82, 2.24) is 9.78 Å². The predicted octanol–water partition coefficient (Wildman–Crippen LogP) is 4.71. The van der Waals surface area contributed by atoms with E-state index in [2.05, 4.69) is 11.2 Å². The standard InChI is InChI=1S/C28H28N2O4/c1-4-26(32)20-11-13-22(14-12-20)34-17-21(31)16-30-28(33)24-8-6-5-7-23(24)27(29-30)25-15-18(2)9-10-19(25)3/h5-15,21,31H,4,16-17H2,1-3H3. The number of nitrogens with zero attached hydrogens (tertiary/aromatic N) is 2. The summed E-state index contributed by atoms with van der Waals surface area (Å²) in [7, 11) is 0. The van der Waals surface area contributed by atoms with Crippen molar-refractivity contribution in [3.63, 3.8) is 0 Å². The highest BCUT2D eigenvalue weighted by Crippen LogP contribution is 2.28. The van der Waals surface area contributed by atoms with E-state index < -0.39 is 6.10 Å². The van der Waals surface area contributed by atoms with Gasteiger partial charge in [-0.2, -0.15) is 5.10 Å². The van der Waals surface area contributed by atoms with Crippen LogP contribution in [-0.2, 0) is 6.54 Å². The second-order valence-corrected chi connectivity index (χ2v) is 8.47. The van der Waals surface area contributed by atoms with E-state index in [-0.39, 0.29) is 24.5 Å². The molecule has 174 valence electrons. The zero-order chi connectivity index (χ0) is 24.2. The maximum atomic E-state index is 13.1. The molecule has 0 radical (unpaired) electrons. The number of aryl methyl sites for hydroxylation is 2. The van der Waals surface area contributed by atoms with E-state index in [1.807, 2.05) is 51.1 Å². The molecule has 1 N–H and O–H groups in total. The van der Waals surface area contributed by atoms with Crippen LogP contribution in [0.1, 0.15) is 34.8 Å². The van der Waals surface area contributed by atoms with Gasteiger partial charge in [-0.1, -0.05) is 42.8 Å². The van der Waals surface area contributed by atoms with Crippen LogP contribution in [0.4, 0.5) is 0 Å². The van der Waals surface area contributed by atoms with E-state index >= 15 is 0 Å². The molecule has 0 saturated heterocycles. The average molecular weight is 457 g/mol. The van der Waals surface area contributed by atoms with Crippen molar-refractivity contribution in [2.45, 2.75) is 39.8 Å². The van der Waals surface area contributed by atoms with Gasteiger partial charge in [0.1, 0.15) is 18.5 Å². The van der Waals surface area contributed by atoms with Crippen LogP contribution in [0.15, 0.2) is 71.5 Å². The molecule has 0 amide bonds. The minimum absolute atomic E-state index is 0.00602. The van der Waals surface area contributed by atoms with Crippen LogP contribution in [0, 0.1) is 13.8 Å². The molecule has 1 unspecified atom stereocenters. The molecule has 1 aromatic heterocycles. The number of aliphatic hydroxyl groups excluding tert-OH is 1. The zero-order valence-electron chi connectivity index (χ0n) is 19.6. The number of aliphatic hydroxyl groups is 1.